The molecule has 1 saturated carbocycles. The molecule has 2 N–H and O–H groups in total. The van der Waals surface area contributed by atoms with Crippen molar-refractivity contribution in [3.8, 4) is 11.8 Å². The monoisotopic (exact) mass is 779 g/mol. The van der Waals surface area contributed by atoms with Gasteiger partial charge >= 0.3 is 0 Å². The van der Waals surface area contributed by atoms with E-state index in [0.717, 1.165) is 88.6 Å². The molecule has 56 heavy (non-hydrogen) atoms. The van der Waals surface area contributed by atoms with Gasteiger partial charge in [0.05, 0.1) is 29.1 Å². The first-order valence-electron chi connectivity index (χ1n) is 19.7. The number of rotatable bonds is 9. The average Bonchev–Trinajstić information content (AvgIpc) is 3.54. The molecule has 3 aromatic rings. The highest BCUT2D eigenvalue weighted by Crippen LogP contribution is 2.33. The number of nitrogens with zero attached hydrogens (tertiary/aromatic N) is 7. The summed E-state index contributed by atoms with van der Waals surface area (Å²) >= 11 is 6.14. The van der Waals surface area contributed by atoms with E-state index in [2.05, 4.69) is 47.4 Å². The van der Waals surface area contributed by atoms with Gasteiger partial charge in [-0.1, -0.05) is 11.6 Å². The van der Waals surface area contributed by atoms with E-state index >= 15 is 0 Å². The van der Waals surface area contributed by atoms with Gasteiger partial charge in [-0.15, -0.1) is 0 Å². The van der Waals surface area contributed by atoms with Gasteiger partial charge in [-0.2, -0.15) is 5.26 Å². The highest BCUT2D eigenvalue weighted by Gasteiger charge is 2.39. The lowest BCUT2D eigenvalue weighted by atomic mass is 9.86. The molecule has 14 nitrogen and oxygen atoms in total. The summed E-state index contributed by atoms with van der Waals surface area (Å²) in [5, 5.41) is 14.8. The molecule has 0 bridgehead atoms. The van der Waals surface area contributed by atoms with Crippen LogP contribution in [0.1, 0.15) is 72.9 Å². The number of carbonyl (C=O) groups excluding carboxylic acids is 4. The smallest absolute Gasteiger partial charge is 0.255 e. The largest absolute Gasteiger partial charge is 0.490 e. The molecule has 4 amide bonds. The quantitative estimate of drug-likeness (QED) is 0.297. The highest BCUT2D eigenvalue weighted by molar-refractivity contribution is 6.31. The first-order chi connectivity index (χ1) is 27.2. The Labute approximate surface area is 331 Å². The molecule has 1 atom stereocenters. The van der Waals surface area contributed by atoms with Crippen LogP contribution in [0.3, 0.4) is 0 Å². The van der Waals surface area contributed by atoms with Gasteiger partial charge in [0.1, 0.15) is 23.7 Å². The second kappa shape index (κ2) is 16.5. The van der Waals surface area contributed by atoms with Gasteiger partial charge in [-0.25, -0.2) is 9.97 Å². The summed E-state index contributed by atoms with van der Waals surface area (Å²) in [4.78, 5) is 68.2. The van der Waals surface area contributed by atoms with Crippen LogP contribution in [0.5, 0.6) is 5.75 Å². The minimum Gasteiger partial charge on any atom is -0.490 e. The van der Waals surface area contributed by atoms with Crippen LogP contribution < -0.4 is 25.2 Å². The van der Waals surface area contributed by atoms with Crippen LogP contribution >= 0.6 is 11.6 Å². The second-order valence-electron chi connectivity index (χ2n) is 15.6. The van der Waals surface area contributed by atoms with E-state index in [1.807, 2.05) is 12.1 Å². The Morgan fingerprint density at radius 2 is 1.70 bits per heavy atom. The SMILES string of the molecule is N#Cc1ccc(O[C@H]2CC[C@H](C(=O)Nc3cnc(N4CCC(CN5CCN(c6ccc7c(c6)CN(C6CCC(=O)NC6=O)C7=O)CC5)CC4)cn3)CC2)cc1Cl. The second-order valence-corrected chi connectivity index (χ2v) is 16.0. The maximum absolute atomic E-state index is 13.1. The van der Waals surface area contributed by atoms with Crippen LogP contribution in [0.2, 0.25) is 5.02 Å². The van der Waals surface area contributed by atoms with Crippen LogP contribution in [0.15, 0.2) is 48.8 Å². The van der Waals surface area contributed by atoms with E-state index in [1.165, 1.54) is 0 Å². The Hall–Kier alpha value is -5.26. The zero-order valence-electron chi connectivity index (χ0n) is 31.3. The molecule has 4 fully saturated rings. The molecule has 2 aromatic carbocycles. The highest BCUT2D eigenvalue weighted by atomic mass is 35.5. The van der Waals surface area contributed by atoms with Crippen molar-refractivity contribution in [1.82, 2.24) is 25.1 Å². The Bertz CT molecular complexity index is 2020. The third-order valence-electron chi connectivity index (χ3n) is 12.0. The van der Waals surface area contributed by atoms with E-state index in [9.17, 15) is 19.2 Å². The fourth-order valence-electron chi connectivity index (χ4n) is 8.73. The van der Waals surface area contributed by atoms with Crippen molar-refractivity contribution in [2.24, 2.45) is 11.8 Å². The number of nitrogens with one attached hydrogen (secondary N) is 2. The third-order valence-corrected chi connectivity index (χ3v) is 12.3. The van der Waals surface area contributed by atoms with Gasteiger partial charge < -0.3 is 24.8 Å². The number of nitriles is 1. The molecule has 1 aliphatic carbocycles. The number of piperidine rings is 2. The van der Waals surface area contributed by atoms with Gasteiger partial charge in [0, 0.05) is 82.0 Å². The van der Waals surface area contributed by atoms with E-state index in [-0.39, 0.29) is 42.1 Å². The van der Waals surface area contributed by atoms with Crippen LogP contribution in [0.25, 0.3) is 0 Å². The van der Waals surface area contributed by atoms with Gasteiger partial charge in [0.2, 0.25) is 17.7 Å². The van der Waals surface area contributed by atoms with Crippen LogP contribution in [0, 0.1) is 23.2 Å². The van der Waals surface area contributed by atoms with E-state index in [1.54, 1.807) is 35.5 Å². The van der Waals surface area contributed by atoms with Gasteiger partial charge in [0.25, 0.3) is 5.91 Å². The zero-order chi connectivity index (χ0) is 38.8. The summed E-state index contributed by atoms with van der Waals surface area (Å²) < 4.78 is 6.07. The lowest BCUT2D eigenvalue weighted by molar-refractivity contribution is -0.137. The fraction of sp³-hybridized carbons (Fsp3) is 0.488. The molecule has 8 rings (SSSR count). The molecular weight excluding hydrogens is 734 g/mol. The number of carbonyl (C=O) groups is 4. The summed E-state index contributed by atoms with van der Waals surface area (Å²) in [6, 6.07) is 12.5. The fourth-order valence-corrected chi connectivity index (χ4v) is 8.94. The number of imide groups is 1. The molecular formula is C41H46ClN9O5. The van der Waals surface area contributed by atoms with Crippen molar-refractivity contribution in [1.29, 1.82) is 5.26 Å². The van der Waals surface area contributed by atoms with Gasteiger partial charge in [0.15, 0.2) is 5.82 Å². The Morgan fingerprint density at radius 1 is 0.911 bits per heavy atom. The molecule has 292 valence electrons. The van der Waals surface area contributed by atoms with Crippen molar-refractivity contribution in [3.63, 3.8) is 0 Å². The first kappa shape index (κ1) is 37.7. The standard InChI is InChI=1S/C41H46ClN9O5/c42-34-20-32(7-3-28(34)21-43)56-31-5-1-27(2-6-31)39(53)46-36-22-45-37(23-44-36)50-13-11-26(12-14-50)24-48-15-17-49(18-16-48)30-4-8-33-29(19-30)25-51(41(33)55)35-9-10-38(52)47-40(35)54/h3-4,7-8,19-20,22-23,26-27,31,35H,1-2,5-6,9-18,24-25H2,(H,44,46,53)(H,47,52,54)/t27-,31-,35?. The molecule has 0 spiro atoms. The Morgan fingerprint density at radius 3 is 2.39 bits per heavy atom. The molecule has 3 saturated heterocycles. The summed E-state index contributed by atoms with van der Waals surface area (Å²) in [6.07, 6.45) is 9.09. The Balaban J connectivity index is 0.742. The lowest BCUT2D eigenvalue weighted by Gasteiger charge is -2.40. The minimum atomic E-state index is -0.604. The molecule has 0 radical (unpaired) electrons. The number of hydrogen-bond donors (Lipinski definition) is 2. The molecule has 15 heteroatoms. The van der Waals surface area contributed by atoms with Crippen LogP contribution in [0.4, 0.5) is 17.3 Å². The summed E-state index contributed by atoms with van der Waals surface area (Å²) in [5.74, 6) is 1.55. The van der Waals surface area contributed by atoms with Gasteiger partial charge in [-0.3, -0.25) is 29.4 Å². The third kappa shape index (κ3) is 8.29. The van der Waals surface area contributed by atoms with Crippen molar-refractivity contribution >= 4 is 52.6 Å². The number of hydrogen-bond acceptors (Lipinski definition) is 11. The van der Waals surface area contributed by atoms with Crippen molar-refractivity contribution in [2.45, 2.75) is 70.1 Å². The summed E-state index contributed by atoms with van der Waals surface area (Å²) in [5.41, 5.74) is 3.09. The average molecular weight is 780 g/mol. The number of aromatic nitrogens is 2. The molecule has 5 aliphatic rings. The van der Waals surface area contributed by atoms with Gasteiger partial charge in [-0.05, 0) is 86.8 Å². The topological polar surface area (TPSA) is 164 Å². The predicted octanol–water partition coefficient (Wildman–Crippen LogP) is 4.38. The zero-order valence-corrected chi connectivity index (χ0v) is 32.0. The summed E-state index contributed by atoms with van der Waals surface area (Å²) in [7, 11) is 0. The van der Waals surface area contributed by atoms with Crippen LogP contribution in [-0.4, -0.2) is 101 Å². The first-order valence-corrected chi connectivity index (χ1v) is 20.1. The van der Waals surface area contributed by atoms with Crippen molar-refractivity contribution in [2.75, 3.05) is 60.9 Å². The number of amides is 4. The van der Waals surface area contributed by atoms with E-state index in [4.69, 9.17) is 21.6 Å². The summed E-state index contributed by atoms with van der Waals surface area (Å²) in [6.45, 7) is 7.04. The molecule has 1 unspecified atom stereocenters. The number of halogens is 1. The maximum Gasteiger partial charge on any atom is 0.255 e. The maximum atomic E-state index is 13.1. The predicted molar refractivity (Wildman–Crippen MR) is 209 cm³/mol. The molecule has 1 aromatic heterocycles. The van der Waals surface area contributed by atoms with E-state index < -0.39 is 6.04 Å². The molecule has 5 heterocycles. The number of ether oxygens (including phenoxy) is 1. The number of benzene rings is 2. The number of fused-ring (bicyclic) bond motifs is 1. The van der Waals surface area contributed by atoms with Crippen molar-refractivity contribution in [3.05, 3.63) is 70.5 Å². The van der Waals surface area contributed by atoms with Crippen molar-refractivity contribution < 1.29 is 23.9 Å². The minimum absolute atomic E-state index is 0.00312. The molecule has 4 aliphatic heterocycles. The van der Waals surface area contributed by atoms with E-state index in [0.29, 0.717) is 59.4 Å². The lowest BCUT2D eigenvalue weighted by Crippen LogP contribution is -2.52. The number of anilines is 3. The van der Waals surface area contributed by atoms with Crippen LogP contribution in [-0.2, 0) is 20.9 Å². The Kier molecular flexibility index (Phi) is 11.1. The normalized spacial score (nSPS) is 23.4. The number of piperazine rings is 1.